The minimum atomic E-state index is -0.524. The predicted octanol–water partition coefficient (Wildman–Crippen LogP) is 4.36. The van der Waals surface area contributed by atoms with Gasteiger partial charge in [-0.3, -0.25) is 0 Å². The van der Waals surface area contributed by atoms with Crippen molar-refractivity contribution < 1.29 is 18.3 Å². The van der Waals surface area contributed by atoms with Gasteiger partial charge in [-0.1, -0.05) is 6.07 Å². The molecule has 0 fully saturated rings. The van der Waals surface area contributed by atoms with E-state index in [2.05, 4.69) is 21.2 Å². The number of rotatable bonds is 5. The molecule has 0 radical (unpaired) electrons. The third kappa shape index (κ3) is 3.64. The van der Waals surface area contributed by atoms with Crippen molar-refractivity contribution in [2.75, 3.05) is 19.5 Å². The molecule has 0 saturated carbocycles. The first kappa shape index (κ1) is 15.6. The fourth-order valence-electron chi connectivity index (χ4n) is 1.85. The van der Waals surface area contributed by atoms with E-state index in [1.165, 1.54) is 0 Å². The summed E-state index contributed by atoms with van der Waals surface area (Å²) < 4.78 is 37.5. The summed E-state index contributed by atoms with van der Waals surface area (Å²) in [5.74, 6) is 0.149. The Hall–Kier alpha value is -1.82. The first-order valence-corrected chi connectivity index (χ1v) is 6.93. The molecule has 0 heterocycles. The van der Waals surface area contributed by atoms with Crippen molar-refractivity contribution >= 4 is 21.6 Å². The molecule has 0 atom stereocenters. The van der Waals surface area contributed by atoms with Gasteiger partial charge in [0.15, 0.2) is 11.5 Å². The summed E-state index contributed by atoms with van der Waals surface area (Å²) >= 11 is 2.94. The Morgan fingerprint density at radius 2 is 1.71 bits per heavy atom. The highest BCUT2D eigenvalue weighted by atomic mass is 79.9. The van der Waals surface area contributed by atoms with E-state index >= 15 is 0 Å². The number of ether oxygens (including phenoxy) is 2. The second-order valence-corrected chi connectivity index (χ2v) is 5.14. The fourth-order valence-corrected chi connectivity index (χ4v) is 2.16. The lowest BCUT2D eigenvalue weighted by Gasteiger charge is -2.11. The Labute approximate surface area is 130 Å². The zero-order valence-electron chi connectivity index (χ0n) is 11.5. The van der Waals surface area contributed by atoms with Crippen molar-refractivity contribution in [1.29, 1.82) is 0 Å². The van der Waals surface area contributed by atoms with E-state index < -0.39 is 11.6 Å². The maximum atomic E-state index is 13.7. The third-order valence-electron chi connectivity index (χ3n) is 2.94. The van der Waals surface area contributed by atoms with Crippen LogP contribution in [0.2, 0.25) is 0 Å². The van der Waals surface area contributed by atoms with E-state index in [0.717, 1.165) is 17.7 Å². The van der Waals surface area contributed by atoms with E-state index in [0.29, 0.717) is 18.0 Å². The van der Waals surface area contributed by atoms with Crippen LogP contribution >= 0.6 is 15.9 Å². The van der Waals surface area contributed by atoms with Crippen molar-refractivity contribution in [3.8, 4) is 11.5 Å². The number of nitrogens with one attached hydrogen (secondary N) is 1. The zero-order valence-corrected chi connectivity index (χ0v) is 13.1. The van der Waals surface area contributed by atoms with Gasteiger partial charge in [-0.2, -0.15) is 0 Å². The Morgan fingerprint density at radius 3 is 2.38 bits per heavy atom. The highest BCUT2D eigenvalue weighted by Gasteiger charge is 2.09. The molecule has 0 aliphatic rings. The topological polar surface area (TPSA) is 30.5 Å². The monoisotopic (exact) mass is 357 g/mol. The number of hydrogen-bond donors (Lipinski definition) is 1. The van der Waals surface area contributed by atoms with Gasteiger partial charge in [-0.15, -0.1) is 0 Å². The van der Waals surface area contributed by atoms with Gasteiger partial charge in [0.1, 0.15) is 11.6 Å². The molecular weight excluding hydrogens is 344 g/mol. The molecular formula is C15H14BrF2NO2. The molecule has 1 N–H and O–H groups in total. The van der Waals surface area contributed by atoms with Crippen LogP contribution in [0.1, 0.15) is 5.56 Å². The van der Waals surface area contributed by atoms with Crippen LogP contribution in [-0.4, -0.2) is 14.2 Å². The number of benzene rings is 2. The van der Waals surface area contributed by atoms with Crippen LogP contribution in [0.25, 0.3) is 0 Å². The molecule has 21 heavy (non-hydrogen) atoms. The molecule has 0 bridgehead atoms. The van der Waals surface area contributed by atoms with Crippen LogP contribution in [0.4, 0.5) is 14.5 Å². The molecule has 0 aliphatic carbocycles. The lowest BCUT2D eigenvalue weighted by molar-refractivity contribution is 0.354. The molecule has 6 heteroatoms. The third-order valence-corrected chi connectivity index (χ3v) is 3.55. The van der Waals surface area contributed by atoms with Crippen LogP contribution < -0.4 is 14.8 Å². The Kier molecular flexibility index (Phi) is 5.01. The van der Waals surface area contributed by atoms with Crippen molar-refractivity contribution in [1.82, 2.24) is 0 Å². The largest absolute Gasteiger partial charge is 0.493 e. The first-order chi connectivity index (χ1) is 10.0. The fraction of sp³-hybridized carbons (Fsp3) is 0.200. The van der Waals surface area contributed by atoms with Crippen molar-refractivity contribution in [3.05, 3.63) is 52.0 Å². The average Bonchev–Trinajstić information content (AvgIpc) is 2.49. The van der Waals surface area contributed by atoms with Crippen LogP contribution in [-0.2, 0) is 6.54 Å². The normalized spacial score (nSPS) is 10.3. The highest BCUT2D eigenvalue weighted by Crippen LogP contribution is 2.28. The van der Waals surface area contributed by atoms with Crippen LogP contribution in [0, 0.1) is 11.6 Å². The van der Waals surface area contributed by atoms with Gasteiger partial charge in [0.05, 0.1) is 24.4 Å². The van der Waals surface area contributed by atoms with Crippen LogP contribution in [0.3, 0.4) is 0 Å². The van der Waals surface area contributed by atoms with Crippen molar-refractivity contribution in [3.63, 3.8) is 0 Å². The second-order valence-electron chi connectivity index (χ2n) is 4.29. The summed E-state index contributed by atoms with van der Waals surface area (Å²) in [7, 11) is 3.09. The van der Waals surface area contributed by atoms with Crippen LogP contribution in [0.15, 0.2) is 34.8 Å². The molecule has 0 unspecified atom stereocenters. The van der Waals surface area contributed by atoms with Crippen molar-refractivity contribution in [2.24, 2.45) is 0 Å². The molecule has 2 aromatic carbocycles. The Bertz CT molecular complexity index is 650. The van der Waals surface area contributed by atoms with Gasteiger partial charge in [-0.05, 0) is 39.7 Å². The standard InChI is InChI=1S/C15H14BrF2NO2/c1-20-14-4-3-9(5-15(14)21-2)8-19-13-7-11(17)10(16)6-12(13)18/h3-7,19H,8H2,1-2H3. The smallest absolute Gasteiger partial charge is 0.161 e. The van der Waals surface area contributed by atoms with Gasteiger partial charge >= 0.3 is 0 Å². The van der Waals surface area contributed by atoms with Gasteiger partial charge in [0.2, 0.25) is 0 Å². The zero-order chi connectivity index (χ0) is 15.4. The SMILES string of the molecule is COc1ccc(CNc2cc(F)c(Br)cc2F)cc1OC. The van der Waals surface area contributed by atoms with Gasteiger partial charge in [-0.25, -0.2) is 8.78 Å². The maximum Gasteiger partial charge on any atom is 0.161 e. The average molecular weight is 358 g/mol. The predicted molar refractivity (Wildman–Crippen MR) is 80.9 cm³/mol. The summed E-state index contributed by atoms with van der Waals surface area (Å²) in [4.78, 5) is 0. The van der Waals surface area contributed by atoms with E-state index in [9.17, 15) is 8.78 Å². The molecule has 0 aromatic heterocycles. The molecule has 0 spiro atoms. The minimum absolute atomic E-state index is 0.0941. The van der Waals surface area contributed by atoms with E-state index in [1.54, 1.807) is 26.4 Å². The summed E-state index contributed by atoms with van der Waals surface area (Å²) in [5.41, 5.74) is 0.959. The summed E-state index contributed by atoms with van der Waals surface area (Å²) in [6.07, 6.45) is 0. The number of halogens is 3. The summed E-state index contributed by atoms with van der Waals surface area (Å²) in [5, 5.41) is 2.85. The number of anilines is 1. The first-order valence-electron chi connectivity index (χ1n) is 6.14. The molecule has 112 valence electrons. The Morgan fingerprint density at radius 1 is 1.00 bits per heavy atom. The van der Waals surface area contributed by atoms with Crippen LogP contribution in [0.5, 0.6) is 11.5 Å². The number of methoxy groups -OCH3 is 2. The van der Waals surface area contributed by atoms with Gasteiger partial charge in [0.25, 0.3) is 0 Å². The van der Waals surface area contributed by atoms with Gasteiger partial charge < -0.3 is 14.8 Å². The summed E-state index contributed by atoms with van der Waals surface area (Å²) in [6.45, 7) is 0.332. The molecule has 0 amide bonds. The second kappa shape index (κ2) is 6.76. The summed E-state index contributed by atoms with van der Waals surface area (Å²) in [6, 6.07) is 7.56. The minimum Gasteiger partial charge on any atom is -0.493 e. The van der Waals surface area contributed by atoms with E-state index in [1.807, 2.05) is 6.07 Å². The molecule has 2 rings (SSSR count). The Balaban J connectivity index is 2.15. The highest BCUT2D eigenvalue weighted by molar-refractivity contribution is 9.10. The quantitative estimate of drug-likeness (QED) is 0.806. The van der Waals surface area contributed by atoms with E-state index in [-0.39, 0.29) is 10.2 Å². The van der Waals surface area contributed by atoms with E-state index in [4.69, 9.17) is 9.47 Å². The molecule has 0 aliphatic heterocycles. The molecule has 3 nitrogen and oxygen atoms in total. The van der Waals surface area contributed by atoms with Gasteiger partial charge in [0, 0.05) is 12.6 Å². The van der Waals surface area contributed by atoms with Crippen molar-refractivity contribution in [2.45, 2.75) is 6.54 Å². The molecule has 2 aromatic rings. The lowest BCUT2D eigenvalue weighted by Crippen LogP contribution is -2.03. The number of hydrogen-bond acceptors (Lipinski definition) is 3. The maximum absolute atomic E-state index is 13.7. The lowest BCUT2D eigenvalue weighted by atomic mass is 10.2. The molecule has 0 saturated heterocycles.